The molecule has 162 valence electrons. The number of nitrogens with zero attached hydrogens (tertiary/aromatic N) is 3. The number of aliphatic hydroxyl groups is 2. The zero-order chi connectivity index (χ0) is 21.2. The molecule has 0 spiro atoms. The topological polar surface area (TPSA) is 106 Å². The lowest BCUT2D eigenvalue weighted by Gasteiger charge is -2.20. The van der Waals surface area contributed by atoms with Gasteiger partial charge in [-0.25, -0.2) is 9.97 Å². The fraction of sp³-hybridized carbons (Fsp3) is 0.650. The molecule has 0 bridgehead atoms. The Morgan fingerprint density at radius 3 is 2.76 bits per heavy atom. The Kier molecular flexibility index (Phi) is 7.33. The summed E-state index contributed by atoms with van der Waals surface area (Å²) in [6.07, 6.45) is 7.61. The summed E-state index contributed by atoms with van der Waals surface area (Å²) in [4.78, 5) is 9.14. The normalized spacial score (nSPS) is 25.1. The Hall–Kier alpha value is -1.05. The molecule has 0 saturated carbocycles. The molecule has 9 heteroatoms. The van der Waals surface area contributed by atoms with Gasteiger partial charge in [-0.1, -0.05) is 31.5 Å². The number of nitrogen functional groups attached to an aromatic ring is 1. The summed E-state index contributed by atoms with van der Waals surface area (Å²) in [7, 11) is 0. The molecule has 4 N–H and O–H groups in total. The van der Waals surface area contributed by atoms with Gasteiger partial charge in [0.25, 0.3) is 0 Å². The van der Waals surface area contributed by atoms with E-state index in [2.05, 4.69) is 36.5 Å². The predicted molar refractivity (Wildman–Crippen MR) is 123 cm³/mol. The van der Waals surface area contributed by atoms with Crippen LogP contribution in [-0.4, -0.2) is 74.6 Å². The van der Waals surface area contributed by atoms with Crippen LogP contribution in [0.15, 0.2) is 17.4 Å². The van der Waals surface area contributed by atoms with E-state index >= 15 is 0 Å². The molecule has 2 aromatic rings. The van der Waals surface area contributed by atoms with Gasteiger partial charge in [0.15, 0.2) is 17.0 Å². The predicted octanol–water partition coefficient (Wildman–Crippen LogP) is 3.01. The average molecular weight is 441 g/mol. The van der Waals surface area contributed by atoms with Gasteiger partial charge in [0.05, 0.1) is 11.8 Å². The minimum absolute atomic E-state index is 0.438. The van der Waals surface area contributed by atoms with Crippen LogP contribution in [-0.2, 0) is 4.74 Å². The van der Waals surface area contributed by atoms with E-state index in [1.54, 1.807) is 28.6 Å². The Morgan fingerprint density at radius 2 is 2.07 bits per heavy atom. The van der Waals surface area contributed by atoms with Crippen LogP contribution < -0.4 is 5.73 Å². The van der Waals surface area contributed by atoms with Crippen LogP contribution in [0.2, 0.25) is 0 Å². The summed E-state index contributed by atoms with van der Waals surface area (Å²) in [5.74, 6) is 0.909. The highest BCUT2D eigenvalue weighted by atomic mass is 32.2. The largest absolute Gasteiger partial charge is 0.397 e. The van der Waals surface area contributed by atoms with E-state index < -0.39 is 31.4 Å². The van der Waals surface area contributed by atoms with Gasteiger partial charge in [-0.2, -0.15) is 0 Å². The first-order valence-electron chi connectivity index (χ1n) is 10.2. The van der Waals surface area contributed by atoms with E-state index in [0.717, 1.165) is 31.2 Å². The van der Waals surface area contributed by atoms with E-state index in [4.69, 9.17) is 10.5 Å². The van der Waals surface area contributed by atoms with Crippen LogP contribution in [0.25, 0.3) is 11.2 Å². The summed E-state index contributed by atoms with van der Waals surface area (Å²) < 4.78 is 7.97. The monoisotopic (exact) mass is 440 g/mol. The second-order valence-electron chi connectivity index (χ2n) is 8.39. The summed E-state index contributed by atoms with van der Waals surface area (Å²) in [6, 6.07) is 1.72. The number of anilines is 1. The molecular weight excluding hydrogens is 407 g/mol. The van der Waals surface area contributed by atoms with Crippen LogP contribution in [0.3, 0.4) is 0 Å². The molecule has 1 aliphatic heterocycles. The number of imidazole rings is 1. The first-order valence-corrected chi connectivity index (χ1v) is 14.2. The van der Waals surface area contributed by atoms with E-state index in [-0.39, 0.29) is 0 Å². The molecule has 0 aliphatic carbocycles. The molecule has 1 unspecified atom stereocenters. The fourth-order valence-corrected chi connectivity index (χ4v) is 5.46. The van der Waals surface area contributed by atoms with Crippen LogP contribution in [0, 0.1) is 0 Å². The molecule has 3 heterocycles. The smallest absolute Gasteiger partial charge is 0.172 e. The van der Waals surface area contributed by atoms with Crippen molar-refractivity contribution in [2.45, 2.75) is 62.3 Å². The summed E-state index contributed by atoms with van der Waals surface area (Å²) >= 11 is 1.61. The van der Waals surface area contributed by atoms with Gasteiger partial charge in [-0.15, -0.1) is 13.2 Å². The molecule has 0 radical (unpaired) electrons. The van der Waals surface area contributed by atoms with Crippen molar-refractivity contribution in [3.8, 4) is 0 Å². The van der Waals surface area contributed by atoms with Gasteiger partial charge in [0, 0.05) is 11.9 Å². The van der Waals surface area contributed by atoms with Gasteiger partial charge < -0.3 is 20.7 Å². The number of ether oxygens (including phenoxy) is 1. The molecule has 1 fully saturated rings. The number of aliphatic hydroxyl groups excluding tert-OH is 2. The van der Waals surface area contributed by atoms with Crippen molar-refractivity contribution in [1.29, 1.82) is 0 Å². The quantitative estimate of drug-likeness (QED) is 0.313. The molecule has 2 aromatic heterocycles. The lowest BCUT2D eigenvalue weighted by Crippen LogP contribution is -2.32. The first-order chi connectivity index (χ1) is 13.7. The van der Waals surface area contributed by atoms with E-state index in [1.807, 2.05) is 0 Å². The van der Waals surface area contributed by atoms with Crippen molar-refractivity contribution in [2.24, 2.45) is 0 Å². The minimum atomic E-state index is -1.25. The van der Waals surface area contributed by atoms with Gasteiger partial charge in [-0.05, 0) is 38.4 Å². The standard InChI is InChI=1S/C20H33N4O3PS/c1-5-6-7-12-29-20-23-15-13(21)8-10-22-18(15)24(20)19-17(26)16(25)14(27-19)9-11-28(2,3)4/h8,10,14,16-17,19,25-26H,2,5-7,9,11-12H2,1,3-4H3,(H2,21,22)/t14-,16-,17-,19?/m1/s1. The molecular formula is C20H33N4O3PS. The van der Waals surface area contributed by atoms with Crippen molar-refractivity contribution < 1.29 is 14.9 Å². The number of nitrogens with two attached hydrogens (primary N) is 1. The average Bonchev–Trinajstić information content (AvgIpc) is 3.16. The number of aromatic nitrogens is 3. The van der Waals surface area contributed by atoms with Gasteiger partial charge in [0.1, 0.15) is 17.7 Å². The number of hydrogen-bond donors (Lipinski definition) is 3. The SMILES string of the molecule is C=P(C)(C)CC[C@H]1OC(n2c(SCCCCC)nc3c(N)ccnc32)[C@H](O)[C@@H]1O. The zero-order valence-electron chi connectivity index (χ0n) is 17.5. The maximum absolute atomic E-state index is 10.8. The highest BCUT2D eigenvalue weighted by molar-refractivity contribution is 7.99. The number of fused-ring (bicyclic) bond motifs is 1. The van der Waals surface area contributed by atoms with Crippen LogP contribution in [0.5, 0.6) is 0 Å². The van der Waals surface area contributed by atoms with E-state index in [0.29, 0.717) is 28.4 Å². The van der Waals surface area contributed by atoms with Crippen LogP contribution in [0.4, 0.5) is 5.69 Å². The molecule has 3 rings (SSSR count). The Balaban J connectivity index is 1.90. The molecule has 1 aliphatic rings. The lowest BCUT2D eigenvalue weighted by molar-refractivity contribution is -0.0400. The number of rotatable bonds is 9. The molecule has 1 saturated heterocycles. The second kappa shape index (κ2) is 9.40. The zero-order valence-corrected chi connectivity index (χ0v) is 19.2. The van der Waals surface area contributed by atoms with Crippen LogP contribution in [0.1, 0.15) is 38.8 Å². The number of thioether (sulfide) groups is 1. The maximum Gasteiger partial charge on any atom is 0.172 e. The molecule has 0 aromatic carbocycles. The van der Waals surface area contributed by atoms with Crippen molar-refractivity contribution in [3.63, 3.8) is 0 Å². The Labute approximate surface area is 177 Å². The third kappa shape index (κ3) is 5.17. The second-order valence-corrected chi connectivity index (χ2v) is 13.8. The third-order valence-electron chi connectivity index (χ3n) is 5.17. The van der Waals surface area contributed by atoms with E-state index in [9.17, 15) is 10.2 Å². The molecule has 4 atom stereocenters. The number of hydrogen-bond acceptors (Lipinski definition) is 7. The van der Waals surface area contributed by atoms with Gasteiger partial charge in [0.2, 0.25) is 0 Å². The number of pyridine rings is 1. The van der Waals surface area contributed by atoms with Crippen LogP contribution >= 0.6 is 18.6 Å². The molecule has 7 nitrogen and oxygen atoms in total. The highest BCUT2D eigenvalue weighted by Gasteiger charge is 2.45. The molecule has 0 amide bonds. The summed E-state index contributed by atoms with van der Waals surface area (Å²) in [6.45, 7) is 5.24. The lowest BCUT2D eigenvalue weighted by atomic mass is 10.1. The number of unbranched alkanes of at least 4 members (excludes halogenated alkanes) is 2. The van der Waals surface area contributed by atoms with Gasteiger partial charge in [-0.3, -0.25) is 4.57 Å². The Bertz CT molecular complexity index is 884. The van der Waals surface area contributed by atoms with Crippen molar-refractivity contribution in [2.75, 3.05) is 31.0 Å². The highest BCUT2D eigenvalue weighted by Crippen LogP contribution is 2.41. The third-order valence-corrected chi connectivity index (χ3v) is 7.68. The van der Waals surface area contributed by atoms with Gasteiger partial charge >= 0.3 is 0 Å². The fourth-order valence-electron chi connectivity index (χ4n) is 3.49. The summed E-state index contributed by atoms with van der Waals surface area (Å²) in [5, 5.41) is 22.1. The summed E-state index contributed by atoms with van der Waals surface area (Å²) in [5.41, 5.74) is 7.83. The molecule has 29 heavy (non-hydrogen) atoms. The minimum Gasteiger partial charge on any atom is -0.397 e. The van der Waals surface area contributed by atoms with Crippen molar-refractivity contribution >= 4 is 41.8 Å². The first kappa shape index (κ1) is 22.6. The van der Waals surface area contributed by atoms with Crippen molar-refractivity contribution in [3.05, 3.63) is 12.3 Å². The van der Waals surface area contributed by atoms with Crippen molar-refractivity contribution in [1.82, 2.24) is 14.5 Å². The Morgan fingerprint density at radius 1 is 1.31 bits per heavy atom. The van der Waals surface area contributed by atoms with E-state index in [1.165, 1.54) is 0 Å². The maximum atomic E-state index is 10.8.